The van der Waals surface area contributed by atoms with Crippen LogP contribution in [-0.4, -0.2) is 74.3 Å². The van der Waals surface area contributed by atoms with Crippen molar-refractivity contribution < 1.29 is 29.2 Å². The lowest BCUT2D eigenvalue weighted by molar-refractivity contribution is -0.268. The summed E-state index contributed by atoms with van der Waals surface area (Å²) in [5.41, 5.74) is -2.09. The Bertz CT molecular complexity index is 285. The molecule has 0 spiro atoms. The van der Waals surface area contributed by atoms with Gasteiger partial charge in [0.1, 0.15) is 23.4 Å². The van der Waals surface area contributed by atoms with Crippen LogP contribution in [0.15, 0.2) is 0 Å². The molecule has 0 fully saturated rings. The van der Waals surface area contributed by atoms with Crippen molar-refractivity contribution in [2.24, 2.45) is 0 Å². The molecule has 6 nitrogen and oxygen atoms in total. The Labute approximate surface area is 122 Å². The summed E-state index contributed by atoms with van der Waals surface area (Å²) in [6, 6.07) is 0. The van der Waals surface area contributed by atoms with Crippen LogP contribution in [0.25, 0.3) is 0 Å². The van der Waals surface area contributed by atoms with E-state index in [9.17, 15) is 10.2 Å². The molecular formula is C14H30O6. The zero-order valence-corrected chi connectivity index (χ0v) is 13.8. The molecule has 0 radical (unpaired) electrons. The summed E-state index contributed by atoms with van der Waals surface area (Å²) < 4.78 is 21.7. The third-order valence-corrected chi connectivity index (χ3v) is 4.59. The van der Waals surface area contributed by atoms with Gasteiger partial charge in [-0.3, -0.25) is 0 Å². The normalized spacial score (nSPS) is 24.3. The first kappa shape index (κ1) is 19.8. The van der Waals surface area contributed by atoms with Crippen LogP contribution in [0.4, 0.5) is 0 Å². The first-order valence-electron chi connectivity index (χ1n) is 6.68. The molecule has 0 aromatic rings. The first-order chi connectivity index (χ1) is 9.16. The van der Waals surface area contributed by atoms with Crippen molar-refractivity contribution in [2.75, 3.05) is 28.4 Å². The summed E-state index contributed by atoms with van der Waals surface area (Å²) in [7, 11) is 6.01. The second-order valence-corrected chi connectivity index (χ2v) is 5.39. The van der Waals surface area contributed by atoms with Crippen LogP contribution < -0.4 is 0 Å². The number of methoxy groups -OCH3 is 4. The Morgan fingerprint density at radius 1 is 0.800 bits per heavy atom. The standard InChI is InChI=1S/C14H30O6/c1-9(15)11(18-6)12(16)14(4,20-8)13(3,19-7)10(2)17-5/h9-12,15-16H,1-8H3. The van der Waals surface area contributed by atoms with Crippen molar-refractivity contribution in [2.45, 2.75) is 63.3 Å². The van der Waals surface area contributed by atoms with E-state index in [-0.39, 0.29) is 6.10 Å². The zero-order valence-electron chi connectivity index (χ0n) is 13.8. The van der Waals surface area contributed by atoms with E-state index in [1.807, 2.05) is 6.92 Å². The smallest absolute Gasteiger partial charge is 0.124 e. The van der Waals surface area contributed by atoms with Crippen LogP contribution in [0, 0.1) is 0 Å². The number of ether oxygens (including phenoxy) is 4. The van der Waals surface area contributed by atoms with Gasteiger partial charge in [0.15, 0.2) is 0 Å². The quantitative estimate of drug-likeness (QED) is 0.648. The van der Waals surface area contributed by atoms with Crippen LogP contribution in [0.1, 0.15) is 27.7 Å². The fourth-order valence-corrected chi connectivity index (χ4v) is 2.52. The van der Waals surface area contributed by atoms with Gasteiger partial charge in [-0.1, -0.05) is 0 Å². The maximum Gasteiger partial charge on any atom is 0.124 e. The van der Waals surface area contributed by atoms with E-state index in [0.29, 0.717) is 0 Å². The summed E-state index contributed by atoms with van der Waals surface area (Å²) in [5, 5.41) is 20.4. The Hall–Kier alpha value is -0.240. The van der Waals surface area contributed by atoms with Gasteiger partial charge in [-0.05, 0) is 27.7 Å². The molecule has 0 aliphatic rings. The Balaban J connectivity index is 5.66. The molecule has 0 aromatic heterocycles. The Morgan fingerprint density at radius 3 is 1.50 bits per heavy atom. The van der Waals surface area contributed by atoms with Crippen molar-refractivity contribution in [1.82, 2.24) is 0 Å². The predicted molar refractivity (Wildman–Crippen MR) is 75.8 cm³/mol. The van der Waals surface area contributed by atoms with Gasteiger partial charge in [-0.25, -0.2) is 0 Å². The van der Waals surface area contributed by atoms with E-state index in [0.717, 1.165) is 0 Å². The summed E-state index contributed by atoms with van der Waals surface area (Å²) in [5.74, 6) is 0. The average Bonchev–Trinajstić information content (AvgIpc) is 2.44. The Kier molecular flexibility index (Phi) is 7.59. The highest BCUT2D eigenvalue weighted by molar-refractivity contribution is 5.07. The molecule has 0 heterocycles. The Morgan fingerprint density at radius 2 is 1.25 bits per heavy atom. The zero-order chi connectivity index (χ0) is 16.1. The molecule has 0 saturated carbocycles. The lowest BCUT2D eigenvalue weighted by Crippen LogP contribution is -2.68. The van der Waals surface area contributed by atoms with Gasteiger partial charge in [0, 0.05) is 28.4 Å². The van der Waals surface area contributed by atoms with Crippen molar-refractivity contribution >= 4 is 0 Å². The van der Waals surface area contributed by atoms with Crippen LogP contribution in [0.5, 0.6) is 0 Å². The molecule has 6 heteroatoms. The molecule has 6 atom stereocenters. The van der Waals surface area contributed by atoms with E-state index in [2.05, 4.69) is 0 Å². The number of aliphatic hydroxyl groups excluding tert-OH is 2. The minimum Gasteiger partial charge on any atom is -0.391 e. The van der Waals surface area contributed by atoms with Gasteiger partial charge in [0.05, 0.1) is 12.2 Å². The molecule has 0 rings (SSSR count). The highest BCUT2D eigenvalue weighted by Gasteiger charge is 2.56. The summed E-state index contributed by atoms with van der Waals surface area (Å²) >= 11 is 0. The van der Waals surface area contributed by atoms with Crippen molar-refractivity contribution in [1.29, 1.82) is 0 Å². The maximum absolute atomic E-state index is 10.7. The van der Waals surface area contributed by atoms with Crippen LogP contribution in [0.3, 0.4) is 0 Å². The fraction of sp³-hybridized carbons (Fsp3) is 1.00. The molecule has 20 heavy (non-hydrogen) atoms. The van der Waals surface area contributed by atoms with Gasteiger partial charge >= 0.3 is 0 Å². The second-order valence-electron chi connectivity index (χ2n) is 5.39. The van der Waals surface area contributed by atoms with Gasteiger partial charge in [0.2, 0.25) is 0 Å². The van der Waals surface area contributed by atoms with Crippen LogP contribution in [0.2, 0.25) is 0 Å². The highest BCUT2D eigenvalue weighted by atomic mass is 16.6. The van der Waals surface area contributed by atoms with Gasteiger partial charge < -0.3 is 29.2 Å². The monoisotopic (exact) mass is 294 g/mol. The molecule has 2 N–H and O–H groups in total. The predicted octanol–water partition coefficient (Wildman–Crippen LogP) is 0.588. The minimum atomic E-state index is -1.14. The number of hydrogen-bond donors (Lipinski definition) is 2. The lowest BCUT2D eigenvalue weighted by Gasteiger charge is -2.51. The van der Waals surface area contributed by atoms with E-state index in [1.165, 1.54) is 21.3 Å². The second kappa shape index (κ2) is 7.68. The first-order valence-corrected chi connectivity index (χ1v) is 6.68. The molecular weight excluding hydrogens is 264 g/mol. The maximum atomic E-state index is 10.7. The molecule has 0 aliphatic heterocycles. The topological polar surface area (TPSA) is 77.4 Å². The highest BCUT2D eigenvalue weighted by Crippen LogP contribution is 2.38. The molecule has 0 bridgehead atoms. The van der Waals surface area contributed by atoms with Crippen molar-refractivity contribution in [3.8, 4) is 0 Å². The van der Waals surface area contributed by atoms with Crippen molar-refractivity contribution in [3.63, 3.8) is 0 Å². The number of rotatable bonds is 9. The SMILES string of the molecule is COC(C(C)O)C(O)C(C)(OC)C(C)(OC)C(C)OC. The largest absolute Gasteiger partial charge is 0.391 e. The van der Waals surface area contributed by atoms with E-state index in [4.69, 9.17) is 18.9 Å². The molecule has 6 unspecified atom stereocenters. The van der Waals surface area contributed by atoms with E-state index in [1.54, 1.807) is 27.9 Å². The van der Waals surface area contributed by atoms with Crippen molar-refractivity contribution in [3.05, 3.63) is 0 Å². The van der Waals surface area contributed by atoms with Gasteiger partial charge in [-0.2, -0.15) is 0 Å². The number of aliphatic hydroxyl groups is 2. The van der Waals surface area contributed by atoms with E-state index < -0.39 is 29.5 Å². The summed E-state index contributed by atoms with van der Waals surface area (Å²) in [4.78, 5) is 0. The third-order valence-electron chi connectivity index (χ3n) is 4.59. The van der Waals surface area contributed by atoms with Gasteiger partial charge in [0.25, 0.3) is 0 Å². The molecule has 0 amide bonds. The molecule has 0 saturated heterocycles. The molecule has 0 aromatic carbocycles. The third kappa shape index (κ3) is 3.32. The fourth-order valence-electron chi connectivity index (χ4n) is 2.52. The van der Waals surface area contributed by atoms with Gasteiger partial charge in [-0.15, -0.1) is 0 Å². The summed E-state index contributed by atoms with van der Waals surface area (Å²) in [6.07, 6.45) is -3.12. The van der Waals surface area contributed by atoms with E-state index >= 15 is 0 Å². The molecule has 122 valence electrons. The average molecular weight is 294 g/mol. The number of hydrogen-bond acceptors (Lipinski definition) is 6. The van der Waals surface area contributed by atoms with Crippen LogP contribution in [-0.2, 0) is 18.9 Å². The summed E-state index contributed by atoms with van der Waals surface area (Å²) in [6.45, 7) is 6.89. The molecule has 0 aliphatic carbocycles. The van der Waals surface area contributed by atoms with Crippen LogP contribution >= 0.6 is 0 Å². The lowest BCUT2D eigenvalue weighted by atomic mass is 9.75. The minimum absolute atomic E-state index is 0.349.